The molecule has 0 aromatic heterocycles. The van der Waals surface area contributed by atoms with Gasteiger partial charge in [0.25, 0.3) is 0 Å². The van der Waals surface area contributed by atoms with E-state index in [1.165, 1.54) is 0 Å². The van der Waals surface area contributed by atoms with Gasteiger partial charge in [-0.1, -0.05) is 39.1 Å². The molecular weight excluding hydrogens is 298 g/mol. The van der Waals surface area contributed by atoms with Crippen LogP contribution in [0, 0.1) is 5.41 Å². The maximum absolute atomic E-state index is 7.18. The summed E-state index contributed by atoms with van der Waals surface area (Å²) in [5.74, 6) is -0.127. The Hall–Kier alpha value is 0.0400. The fourth-order valence-corrected chi connectivity index (χ4v) is 2.21. The number of nitrogen functional groups attached to an aromatic ring is 1. The summed E-state index contributed by atoms with van der Waals surface area (Å²) >= 11 is 14.8. The molecule has 3 N–H and O–H groups in total. The number of nitrogens with two attached hydrogens (primary N) is 1. The van der Waals surface area contributed by atoms with Crippen LogP contribution in [0.3, 0.4) is 0 Å². The zero-order valence-corrected chi connectivity index (χ0v) is 10.2. The SMILES string of the molecule is Cl.N=C(N)c1c(Cl)cc(Br)cc1Cl. The summed E-state index contributed by atoms with van der Waals surface area (Å²) in [5.41, 5.74) is 5.64. The topological polar surface area (TPSA) is 49.9 Å². The van der Waals surface area contributed by atoms with Gasteiger partial charge in [0.05, 0.1) is 15.6 Å². The predicted molar refractivity (Wildman–Crippen MR) is 62.4 cm³/mol. The summed E-state index contributed by atoms with van der Waals surface area (Å²) < 4.78 is 0.766. The number of benzene rings is 1. The van der Waals surface area contributed by atoms with Gasteiger partial charge in [-0.2, -0.15) is 0 Å². The van der Waals surface area contributed by atoms with Crippen LogP contribution in [0.5, 0.6) is 0 Å². The van der Waals surface area contributed by atoms with Gasteiger partial charge in [-0.15, -0.1) is 12.4 Å². The second-order valence-electron chi connectivity index (χ2n) is 2.16. The van der Waals surface area contributed by atoms with Gasteiger partial charge in [0.1, 0.15) is 5.84 Å². The molecule has 0 saturated carbocycles. The Bertz CT molecular complexity index is 318. The molecule has 0 aliphatic rings. The minimum Gasteiger partial charge on any atom is -0.384 e. The third kappa shape index (κ3) is 3.02. The average molecular weight is 304 g/mol. The van der Waals surface area contributed by atoms with Crippen LogP contribution in [0.15, 0.2) is 16.6 Å². The number of nitrogens with one attached hydrogen (secondary N) is 1. The number of hydrogen-bond donors (Lipinski definition) is 2. The monoisotopic (exact) mass is 302 g/mol. The van der Waals surface area contributed by atoms with Gasteiger partial charge in [-0.25, -0.2) is 0 Å². The molecule has 0 heterocycles. The van der Waals surface area contributed by atoms with Gasteiger partial charge in [0.2, 0.25) is 0 Å². The Kier molecular flexibility index (Phi) is 5.07. The van der Waals surface area contributed by atoms with Crippen molar-refractivity contribution < 1.29 is 0 Å². The molecule has 0 amide bonds. The van der Waals surface area contributed by atoms with Crippen molar-refractivity contribution in [2.75, 3.05) is 0 Å². The van der Waals surface area contributed by atoms with Gasteiger partial charge in [-0.3, -0.25) is 5.41 Å². The summed E-state index contributed by atoms with van der Waals surface area (Å²) in [7, 11) is 0. The number of halogens is 4. The van der Waals surface area contributed by atoms with Crippen LogP contribution in [0.2, 0.25) is 10.0 Å². The Morgan fingerprint density at radius 2 is 1.69 bits per heavy atom. The highest BCUT2D eigenvalue weighted by molar-refractivity contribution is 9.10. The summed E-state index contributed by atoms with van der Waals surface area (Å²) in [5, 5.41) is 7.93. The lowest BCUT2D eigenvalue weighted by Gasteiger charge is -2.04. The molecule has 1 aromatic carbocycles. The predicted octanol–water partition coefficient (Wildman–Crippen LogP) is 3.46. The summed E-state index contributed by atoms with van der Waals surface area (Å²) in [6.45, 7) is 0. The minimum absolute atomic E-state index is 0. The van der Waals surface area contributed by atoms with Crippen LogP contribution >= 0.6 is 51.5 Å². The van der Waals surface area contributed by atoms with Gasteiger partial charge >= 0.3 is 0 Å². The standard InChI is InChI=1S/C7H5BrCl2N2.ClH/c8-3-1-4(9)6(7(11)12)5(10)2-3;/h1-2H,(H3,11,12);1H. The van der Waals surface area contributed by atoms with Crippen LogP contribution in [0.25, 0.3) is 0 Å². The third-order valence-corrected chi connectivity index (χ3v) is 2.33. The van der Waals surface area contributed by atoms with Crippen LogP contribution in [-0.2, 0) is 0 Å². The molecule has 72 valence electrons. The molecule has 0 aliphatic heterocycles. The largest absolute Gasteiger partial charge is 0.384 e. The molecule has 13 heavy (non-hydrogen) atoms. The quantitative estimate of drug-likeness (QED) is 0.606. The van der Waals surface area contributed by atoms with Crippen molar-refractivity contribution in [2.45, 2.75) is 0 Å². The fourth-order valence-electron chi connectivity index (χ4n) is 0.800. The first-order valence-electron chi connectivity index (χ1n) is 3.01. The zero-order valence-electron chi connectivity index (χ0n) is 6.27. The van der Waals surface area contributed by atoms with Gasteiger partial charge in [0.15, 0.2) is 0 Å². The lowest BCUT2D eigenvalue weighted by molar-refractivity contribution is 1.42. The molecule has 0 radical (unpaired) electrons. The second-order valence-corrected chi connectivity index (χ2v) is 3.89. The van der Waals surface area contributed by atoms with Crippen LogP contribution in [0.4, 0.5) is 0 Å². The van der Waals surface area contributed by atoms with Crippen molar-refractivity contribution in [3.63, 3.8) is 0 Å². The molecule has 0 unspecified atom stereocenters. The minimum atomic E-state index is -0.127. The first-order chi connectivity index (χ1) is 5.52. The van der Waals surface area contributed by atoms with E-state index in [1.807, 2.05) is 0 Å². The third-order valence-electron chi connectivity index (χ3n) is 1.28. The summed E-state index contributed by atoms with van der Waals surface area (Å²) in [4.78, 5) is 0. The van der Waals surface area contributed by atoms with Crippen molar-refractivity contribution in [3.8, 4) is 0 Å². The second kappa shape index (κ2) is 5.05. The molecule has 1 aromatic rings. The molecule has 0 spiro atoms. The van der Waals surface area contributed by atoms with E-state index in [1.54, 1.807) is 12.1 Å². The summed E-state index contributed by atoms with van der Waals surface area (Å²) in [6, 6.07) is 3.29. The zero-order chi connectivity index (χ0) is 9.30. The molecular formula is C7H6BrCl3N2. The molecule has 0 atom stereocenters. The highest BCUT2D eigenvalue weighted by Gasteiger charge is 2.09. The van der Waals surface area contributed by atoms with E-state index < -0.39 is 0 Å². The van der Waals surface area contributed by atoms with E-state index in [0.717, 1.165) is 4.47 Å². The normalized spacial score (nSPS) is 9.15. The van der Waals surface area contributed by atoms with Gasteiger partial charge in [0, 0.05) is 4.47 Å². The first kappa shape index (κ1) is 13.0. The first-order valence-corrected chi connectivity index (χ1v) is 4.56. The highest BCUT2D eigenvalue weighted by Crippen LogP contribution is 2.28. The summed E-state index contributed by atoms with van der Waals surface area (Å²) in [6.07, 6.45) is 0. The number of amidine groups is 1. The molecule has 0 aliphatic carbocycles. The van der Waals surface area contributed by atoms with E-state index in [0.29, 0.717) is 15.6 Å². The Morgan fingerprint density at radius 3 is 2.00 bits per heavy atom. The van der Waals surface area contributed by atoms with Crippen molar-refractivity contribution in [2.24, 2.45) is 5.73 Å². The van der Waals surface area contributed by atoms with Gasteiger partial charge < -0.3 is 5.73 Å². The van der Waals surface area contributed by atoms with Crippen molar-refractivity contribution in [3.05, 3.63) is 32.2 Å². The maximum Gasteiger partial charge on any atom is 0.125 e. The van der Waals surface area contributed by atoms with Crippen LogP contribution in [0.1, 0.15) is 5.56 Å². The molecule has 6 heteroatoms. The smallest absolute Gasteiger partial charge is 0.125 e. The maximum atomic E-state index is 7.18. The van der Waals surface area contributed by atoms with Crippen LogP contribution < -0.4 is 5.73 Å². The molecule has 0 bridgehead atoms. The van der Waals surface area contributed by atoms with E-state index in [4.69, 9.17) is 34.3 Å². The lowest BCUT2D eigenvalue weighted by Crippen LogP contribution is -2.12. The molecule has 2 nitrogen and oxygen atoms in total. The Labute approximate surface area is 100 Å². The van der Waals surface area contributed by atoms with Crippen molar-refractivity contribution in [1.82, 2.24) is 0 Å². The number of hydrogen-bond acceptors (Lipinski definition) is 1. The fraction of sp³-hybridized carbons (Fsp3) is 0. The molecule has 1 rings (SSSR count). The number of rotatable bonds is 1. The molecule has 0 saturated heterocycles. The van der Waals surface area contributed by atoms with E-state index >= 15 is 0 Å². The average Bonchev–Trinajstić information content (AvgIpc) is 1.82. The Morgan fingerprint density at radius 1 is 1.31 bits per heavy atom. The van der Waals surface area contributed by atoms with Crippen molar-refractivity contribution in [1.29, 1.82) is 5.41 Å². The highest BCUT2D eigenvalue weighted by atomic mass is 79.9. The van der Waals surface area contributed by atoms with Crippen LogP contribution in [-0.4, -0.2) is 5.84 Å². The molecule has 0 fully saturated rings. The van der Waals surface area contributed by atoms with Gasteiger partial charge in [-0.05, 0) is 12.1 Å². The van der Waals surface area contributed by atoms with E-state index in [2.05, 4.69) is 15.9 Å². The Balaban J connectivity index is 0.00000144. The van der Waals surface area contributed by atoms with Crippen molar-refractivity contribution >= 4 is 57.4 Å². The van der Waals surface area contributed by atoms with E-state index in [-0.39, 0.29) is 18.2 Å². The lowest BCUT2D eigenvalue weighted by atomic mass is 10.2. The van der Waals surface area contributed by atoms with E-state index in [9.17, 15) is 0 Å².